The van der Waals surface area contributed by atoms with Crippen molar-refractivity contribution in [2.45, 2.75) is 0 Å². The lowest BCUT2D eigenvalue weighted by Gasteiger charge is -2.07. The quantitative estimate of drug-likeness (QED) is 0.934. The maximum absolute atomic E-state index is 11.1. The van der Waals surface area contributed by atoms with E-state index in [-0.39, 0.29) is 22.3 Å². The summed E-state index contributed by atoms with van der Waals surface area (Å²) in [6.45, 7) is 0. The molecule has 1 N–H and O–H groups in total. The molecule has 0 aliphatic carbocycles. The van der Waals surface area contributed by atoms with Gasteiger partial charge in [0.25, 0.3) is 0 Å². The zero-order valence-corrected chi connectivity index (χ0v) is 11.1. The van der Waals surface area contributed by atoms with Gasteiger partial charge < -0.3 is 9.84 Å². The zero-order valence-electron chi connectivity index (χ0n) is 8.80. The Morgan fingerprint density at radius 3 is 2.67 bits per heavy atom. The van der Waals surface area contributed by atoms with Gasteiger partial charge >= 0.3 is 5.97 Å². The summed E-state index contributed by atoms with van der Waals surface area (Å²) < 4.78 is 5.99. The molecule has 5 nitrogen and oxygen atoms in total. The van der Waals surface area contributed by atoms with Crippen LogP contribution in [0.15, 0.2) is 34.8 Å². The minimum Gasteiger partial charge on any atom is -0.478 e. The monoisotopic (exact) mass is 328 g/mol. The van der Waals surface area contributed by atoms with Crippen molar-refractivity contribution in [3.8, 4) is 11.6 Å². The highest BCUT2D eigenvalue weighted by Gasteiger charge is 2.13. The van der Waals surface area contributed by atoms with Crippen LogP contribution >= 0.6 is 27.5 Å². The summed E-state index contributed by atoms with van der Waals surface area (Å²) in [7, 11) is 0. The van der Waals surface area contributed by atoms with Crippen molar-refractivity contribution in [1.82, 2.24) is 10.2 Å². The van der Waals surface area contributed by atoms with Crippen molar-refractivity contribution in [2.75, 3.05) is 0 Å². The van der Waals surface area contributed by atoms with Crippen LogP contribution in [-0.2, 0) is 0 Å². The predicted octanol–water partition coefficient (Wildman–Crippen LogP) is 3.38. The Balaban J connectivity index is 2.34. The molecule has 1 aromatic heterocycles. The van der Waals surface area contributed by atoms with E-state index in [2.05, 4.69) is 26.1 Å². The lowest BCUT2D eigenvalue weighted by Crippen LogP contribution is -2.01. The highest BCUT2D eigenvalue weighted by atomic mass is 79.9. The van der Waals surface area contributed by atoms with E-state index in [1.807, 2.05) is 0 Å². The number of halogens is 2. The Kier molecular flexibility index (Phi) is 3.78. The first-order chi connectivity index (χ1) is 8.56. The second kappa shape index (κ2) is 5.32. The SMILES string of the molecule is O=C(O)c1cc(Br)ccc1Oc1ccc(Cl)nn1. The van der Waals surface area contributed by atoms with E-state index in [1.54, 1.807) is 6.07 Å². The lowest BCUT2D eigenvalue weighted by molar-refractivity contribution is 0.0694. The Hall–Kier alpha value is -1.66. The van der Waals surface area contributed by atoms with Gasteiger partial charge in [-0.05, 0) is 24.3 Å². The Morgan fingerprint density at radius 1 is 1.28 bits per heavy atom. The Bertz CT molecular complexity index is 589. The molecule has 0 bridgehead atoms. The molecule has 0 radical (unpaired) electrons. The zero-order chi connectivity index (χ0) is 13.1. The lowest BCUT2D eigenvalue weighted by atomic mass is 10.2. The smallest absolute Gasteiger partial charge is 0.339 e. The summed E-state index contributed by atoms with van der Waals surface area (Å²) in [6.07, 6.45) is 0. The normalized spacial score (nSPS) is 10.1. The van der Waals surface area contributed by atoms with Gasteiger partial charge in [0.1, 0.15) is 11.3 Å². The minimum atomic E-state index is -1.09. The highest BCUT2D eigenvalue weighted by molar-refractivity contribution is 9.10. The molecular weight excluding hydrogens is 323 g/mol. The van der Waals surface area contributed by atoms with Crippen molar-refractivity contribution in [3.63, 3.8) is 0 Å². The van der Waals surface area contributed by atoms with Gasteiger partial charge in [-0.25, -0.2) is 4.79 Å². The summed E-state index contributed by atoms with van der Waals surface area (Å²) in [5.74, 6) is -0.736. The number of carboxylic acids is 1. The number of aromatic carboxylic acids is 1. The van der Waals surface area contributed by atoms with Gasteiger partial charge in [-0.2, -0.15) is 0 Å². The Labute approximate surface area is 116 Å². The van der Waals surface area contributed by atoms with Crippen molar-refractivity contribution in [2.24, 2.45) is 0 Å². The van der Waals surface area contributed by atoms with Crippen LogP contribution in [0, 0.1) is 0 Å². The maximum atomic E-state index is 11.1. The van der Waals surface area contributed by atoms with E-state index in [1.165, 1.54) is 24.3 Å². The third-order valence-corrected chi connectivity index (χ3v) is 2.69. The standard InChI is InChI=1S/C11H6BrClN2O3/c12-6-1-2-8(7(5-6)11(16)17)18-10-4-3-9(13)14-15-10/h1-5H,(H,16,17). The average Bonchev–Trinajstić information content (AvgIpc) is 2.34. The first-order valence-corrected chi connectivity index (χ1v) is 5.93. The van der Waals surface area contributed by atoms with Crippen LogP contribution in [0.25, 0.3) is 0 Å². The van der Waals surface area contributed by atoms with Gasteiger partial charge in [0.15, 0.2) is 5.15 Å². The minimum absolute atomic E-state index is 0.0288. The fourth-order valence-electron chi connectivity index (χ4n) is 1.23. The van der Waals surface area contributed by atoms with Gasteiger partial charge in [0, 0.05) is 10.5 Å². The molecular formula is C11H6BrClN2O3. The number of benzene rings is 1. The van der Waals surface area contributed by atoms with Gasteiger partial charge in [0.05, 0.1) is 0 Å². The third-order valence-electron chi connectivity index (χ3n) is 1.99. The topological polar surface area (TPSA) is 72.3 Å². The van der Waals surface area contributed by atoms with E-state index in [0.29, 0.717) is 4.47 Å². The average molecular weight is 330 g/mol. The molecule has 0 spiro atoms. The molecule has 0 fully saturated rings. The van der Waals surface area contributed by atoms with Crippen LogP contribution in [0.5, 0.6) is 11.6 Å². The van der Waals surface area contributed by atoms with Crippen LogP contribution in [0.3, 0.4) is 0 Å². The number of carbonyl (C=O) groups is 1. The fourth-order valence-corrected chi connectivity index (χ4v) is 1.69. The van der Waals surface area contributed by atoms with E-state index in [9.17, 15) is 4.79 Å². The van der Waals surface area contributed by atoms with Crippen LogP contribution in [0.2, 0.25) is 5.15 Å². The molecule has 0 amide bonds. The molecule has 0 saturated carbocycles. The number of rotatable bonds is 3. The number of aromatic nitrogens is 2. The van der Waals surface area contributed by atoms with E-state index >= 15 is 0 Å². The number of ether oxygens (including phenoxy) is 1. The number of nitrogens with zero attached hydrogens (tertiary/aromatic N) is 2. The first-order valence-electron chi connectivity index (χ1n) is 4.76. The van der Waals surface area contributed by atoms with Crippen LogP contribution in [-0.4, -0.2) is 21.3 Å². The summed E-state index contributed by atoms with van der Waals surface area (Å²) >= 11 is 8.78. The second-order valence-corrected chi connectivity index (χ2v) is 4.54. The van der Waals surface area contributed by atoms with Crippen LogP contribution in [0.4, 0.5) is 0 Å². The van der Waals surface area contributed by atoms with E-state index in [4.69, 9.17) is 21.4 Å². The van der Waals surface area contributed by atoms with Crippen LogP contribution < -0.4 is 4.74 Å². The highest BCUT2D eigenvalue weighted by Crippen LogP contribution is 2.27. The summed E-state index contributed by atoms with van der Waals surface area (Å²) in [4.78, 5) is 11.1. The third kappa shape index (κ3) is 2.96. The molecule has 2 aromatic rings. The number of hydrogen-bond acceptors (Lipinski definition) is 4. The van der Waals surface area contributed by atoms with Crippen molar-refractivity contribution in [1.29, 1.82) is 0 Å². The summed E-state index contributed by atoms with van der Waals surface area (Å²) in [6, 6.07) is 7.65. The molecule has 0 saturated heterocycles. The summed E-state index contributed by atoms with van der Waals surface area (Å²) in [5, 5.41) is 16.6. The molecule has 0 atom stereocenters. The van der Waals surface area contributed by atoms with Crippen molar-refractivity contribution >= 4 is 33.5 Å². The molecule has 1 heterocycles. The molecule has 0 unspecified atom stereocenters. The molecule has 2 rings (SSSR count). The van der Waals surface area contributed by atoms with E-state index in [0.717, 1.165) is 0 Å². The van der Waals surface area contributed by atoms with Gasteiger partial charge in [-0.3, -0.25) is 0 Å². The molecule has 7 heteroatoms. The second-order valence-electron chi connectivity index (χ2n) is 3.24. The first kappa shape index (κ1) is 12.8. The molecule has 18 heavy (non-hydrogen) atoms. The number of carboxylic acid groups (broad SMARTS) is 1. The van der Waals surface area contributed by atoms with Crippen LogP contribution in [0.1, 0.15) is 10.4 Å². The fraction of sp³-hybridized carbons (Fsp3) is 0. The van der Waals surface area contributed by atoms with E-state index < -0.39 is 5.97 Å². The molecule has 92 valence electrons. The number of hydrogen-bond donors (Lipinski definition) is 1. The van der Waals surface area contributed by atoms with Crippen molar-refractivity contribution < 1.29 is 14.6 Å². The predicted molar refractivity (Wildman–Crippen MR) is 68.2 cm³/mol. The molecule has 0 aliphatic rings. The largest absolute Gasteiger partial charge is 0.478 e. The van der Waals surface area contributed by atoms with Gasteiger partial charge in [0.2, 0.25) is 5.88 Å². The summed E-state index contributed by atoms with van der Waals surface area (Å²) in [5.41, 5.74) is 0.0288. The maximum Gasteiger partial charge on any atom is 0.339 e. The van der Waals surface area contributed by atoms with Crippen molar-refractivity contribution in [3.05, 3.63) is 45.5 Å². The van der Waals surface area contributed by atoms with Gasteiger partial charge in [-0.1, -0.05) is 27.5 Å². The molecule has 1 aromatic carbocycles. The Morgan fingerprint density at radius 2 is 2.06 bits per heavy atom. The molecule has 0 aliphatic heterocycles. The van der Waals surface area contributed by atoms with Gasteiger partial charge in [-0.15, -0.1) is 10.2 Å².